The van der Waals surface area contributed by atoms with Gasteiger partial charge in [-0.3, -0.25) is 0 Å². The summed E-state index contributed by atoms with van der Waals surface area (Å²) in [6.07, 6.45) is 4.87. The molecule has 0 saturated heterocycles. The van der Waals surface area contributed by atoms with Crippen LogP contribution in [0.15, 0.2) is 18.2 Å². The molecule has 0 heterocycles. The van der Waals surface area contributed by atoms with Crippen molar-refractivity contribution in [3.63, 3.8) is 0 Å². The van der Waals surface area contributed by atoms with Gasteiger partial charge in [0.05, 0.1) is 0 Å². The third-order valence-corrected chi connectivity index (χ3v) is 3.79. The second-order valence-electron chi connectivity index (χ2n) is 5.16. The molecule has 2 heteroatoms. The smallest absolute Gasteiger partial charge is 0.123 e. The van der Waals surface area contributed by atoms with Crippen LogP contribution in [0.25, 0.3) is 0 Å². The minimum Gasteiger partial charge on any atom is -0.314 e. The van der Waals surface area contributed by atoms with E-state index in [-0.39, 0.29) is 5.82 Å². The van der Waals surface area contributed by atoms with E-state index >= 15 is 0 Å². The summed E-state index contributed by atoms with van der Waals surface area (Å²) in [6.45, 7) is 5.33. The summed E-state index contributed by atoms with van der Waals surface area (Å²) in [5, 5.41) is 3.59. The first-order chi connectivity index (χ1) is 8.20. The second-order valence-corrected chi connectivity index (χ2v) is 5.16. The number of rotatable bonds is 4. The van der Waals surface area contributed by atoms with E-state index in [0.29, 0.717) is 12.0 Å². The molecule has 1 aliphatic carbocycles. The maximum absolute atomic E-state index is 13.1. The van der Waals surface area contributed by atoms with Crippen LogP contribution in [0.1, 0.15) is 49.7 Å². The first-order valence-electron chi connectivity index (χ1n) is 6.70. The highest BCUT2D eigenvalue weighted by Gasteiger charge is 2.26. The van der Waals surface area contributed by atoms with E-state index in [0.717, 1.165) is 12.1 Å². The fourth-order valence-corrected chi connectivity index (χ4v) is 2.90. The van der Waals surface area contributed by atoms with E-state index in [2.05, 4.69) is 12.2 Å². The lowest BCUT2D eigenvalue weighted by Crippen LogP contribution is -2.26. The van der Waals surface area contributed by atoms with Gasteiger partial charge >= 0.3 is 0 Å². The van der Waals surface area contributed by atoms with Crippen LogP contribution in [0.5, 0.6) is 0 Å². The summed E-state index contributed by atoms with van der Waals surface area (Å²) < 4.78 is 13.1. The van der Waals surface area contributed by atoms with Crippen molar-refractivity contribution >= 4 is 0 Å². The lowest BCUT2D eigenvalue weighted by molar-refractivity contribution is 0.516. The first kappa shape index (κ1) is 12.6. The fraction of sp³-hybridized carbons (Fsp3) is 0.600. The van der Waals surface area contributed by atoms with E-state index in [4.69, 9.17) is 0 Å². The van der Waals surface area contributed by atoms with Crippen molar-refractivity contribution in [2.75, 3.05) is 6.54 Å². The molecular weight excluding hydrogens is 213 g/mol. The number of aryl methyl sites for hydroxylation is 1. The fourth-order valence-electron chi connectivity index (χ4n) is 2.90. The van der Waals surface area contributed by atoms with E-state index in [1.54, 1.807) is 12.1 Å². The molecule has 0 spiro atoms. The van der Waals surface area contributed by atoms with Crippen LogP contribution >= 0.6 is 0 Å². The maximum Gasteiger partial charge on any atom is 0.123 e. The average Bonchev–Trinajstić information content (AvgIpc) is 2.75. The lowest BCUT2D eigenvalue weighted by Gasteiger charge is -2.15. The molecule has 1 aromatic rings. The Bertz CT molecular complexity index is 375. The molecule has 0 amide bonds. The van der Waals surface area contributed by atoms with Gasteiger partial charge in [-0.15, -0.1) is 0 Å². The van der Waals surface area contributed by atoms with E-state index in [9.17, 15) is 4.39 Å². The normalized spacial score (nSPS) is 24.2. The van der Waals surface area contributed by atoms with Gasteiger partial charge in [0.1, 0.15) is 5.82 Å². The Hall–Kier alpha value is -0.890. The molecule has 0 aromatic heterocycles. The summed E-state index contributed by atoms with van der Waals surface area (Å²) in [5.41, 5.74) is 2.44. The molecular formula is C15H22FN. The monoisotopic (exact) mass is 235 g/mol. The topological polar surface area (TPSA) is 12.0 Å². The minimum atomic E-state index is -0.120. The van der Waals surface area contributed by atoms with Crippen molar-refractivity contribution < 1.29 is 4.39 Å². The number of halogens is 1. The SMILES string of the molecule is CCCNC1CCC(c2ccc(F)cc2C)C1. The predicted octanol–water partition coefficient (Wildman–Crippen LogP) is 3.77. The van der Waals surface area contributed by atoms with E-state index in [1.165, 1.54) is 31.2 Å². The van der Waals surface area contributed by atoms with Crippen molar-refractivity contribution in [1.29, 1.82) is 0 Å². The molecule has 2 rings (SSSR count). The van der Waals surface area contributed by atoms with Crippen LogP contribution in [0, 0.1) is 12.7 Å². The van der Waals surface area contributed by atoms with Gasteiger partial charge in [0.2, 0.25) is 0 Å². The Morgan fingerprint density at radius 1 is 1.35 bits per heavy atom. The van der Waals surface area contributed by atoms with Crippen molar-refractivity contribution in [3.8, 4) is 0 Å². The van der Waals surface area contributed by atoms with Crippen molar-refractivity contribution in [3.05, 3.63) is 35.1 Å². The summed E-state index contributed by atoms with van der Waals surface area (Å²) in [4.78, 5) is 0. The molecule has 17 heavy (non-hydrogen) atoms. The Balaban J connectivity index is 2.00. The van der Waals surface area contributed by atoms with Gasteiger partial charge in [-0.25, -0.2) is 4.39 Å². The minimum absolute atomic E-state index is 0.120. The van der Waals surface area contributed by atoms with Gasteiger partial charge in [-0.2, -0.15) is 0 Å². The molecule has 1 saturated carbocycles. The Labute approximate surface area is 103 Å². The van der Waals surface area contributed by atoms with Gasteiger partial charge < -0.3 is 5.32 Å². The maximum atomic E-state index is 13.1. The average molecular weight is 235 g/mol. The van der Waals surface area contributed by atoms with Crippen LogP contribution in [0.2, 0.25) is 0 Å². The third kappa shape index (κ3) is 3.06. The Morgan fingerprint density at radius 2 is 2.18 bits per heavy atom. The summed E-state index contributed by atoms with van der Waals surface area (Å²) in [5.74, 6) is 0.495. The molecule has 1 N–H and O–H groups in total. The predicted molar refractivity (Wildman–Crippen MR) is 69.8 cm³/mol. The zero-order valence-electron chi connectivity index (χ0n) is 10.8. The molecule has 1 aliphatic rings. The van der Waals surface area contributed by atoms with Gasteiger partial charge in [0.25, 0.3) is 0 Å². The molecule has 0 radical (unpaired) electrons. The zero-order valence-corrected chi connectivity index (χ0v) is 10.8. The van der Waals surface area contributed by atoms with Gasteiger partial charge in [-0.1, -0.05) is 13.0 Å². The quantitative estimate of drug-likeness (QED) is 0.837. The Kier molecular flexibility index (Phi) is 4.16. The van der Waals surface area contributed by atoms with Crippen LogP contribution in [-0.2, 0) is 0 Å². The highest BCUT2D eigenvalue weighted by molar-refractivity contribution is 5.30. The number of hydrogen-bond acceptors (Lipinski definition) is 1. The standard InChI is InChI=1S/C15H22FN/c1-3-8-17-14-6-4-12(10-14)15-7-5-13(16)9-11(15)2/h5,7,9,12,14,17H,3-4,6,8,10H2,1-2H3. The van der Waals surface area contributed by atoms with Crippen molar-refractivity contribution in [2.45, 2.75) is 51.5 Å². The van der Waals surface area contributed by atoms with Gasteiger partial charge in [-0.05, 0) is 68.3 Å². The molecule has 94 valence electrons. The molecule has 1 aromatic carbocycles. The number of nitrogens with one attached hydrogen (secondary N) is 1. The molecule has 1 fully saturated rings. The first-order valence-corrected chi connectivity index (χ1v) is 6.70. The molecule has 1 nitrogen and oxygen atoms in total. The third-order valence-electron chi connectivity index (χ3n) is 3.79. The molecule has 2 unspecified atom stereocenters. The number of hydrogen-bond donors (Lipinski definition) is 1. The van der Waals surface area contributed by atoms with Crippen LogP contribution in [0.3, 0.4) is 0 Å². The Morgan fingerprint density at radius 3 is 2.88 bits per heavy atom. The summed E-state index contributed by atoms with van der Waals surface area (Å²) in [6, 6.07) is 5.87. The van der Waals surface area contributed by atoms with Gasteiger partial charge in [0, 0.05) is 6.04 Å². The van der Waals surface area contributed by atoms with Crippen molar-refractivity contribution in [1.82, 2.24) is 5.32 Å². The zero-order chi connectivity index (χ0) is 12.3. The van der Waals surface area contributed by atoms with Crippen LogP contribution in [0.4, 0.5) is 4.39 Å². The molecule has 0 aliphatic heterocycles. The van der Waals surface area contributed by atoms with E-state index in [1.807, 2.05) is 13.0 Å². The second kappa shape index (κ2) is 5.63. The lowest BCUT2D eigenvalue weighted by atomic mass is 9.93. The summed E-state index contributed by atoms with van der Waals surface area (Å²) >= 11 is 0. The van der Waals surface area contributed by atoms with Crippen LogP contribution < -0.4 is 5.32 Å². The van der Waals surface area contributed by atoms with E-state index < -0.39 is 0 Å². The highest BCUT2D eigenvalue weighted by atomic mass is 19.1. The summed E-state index contributed by atoms with van der Waals surface area (Å²) in [7, 11) is 0. The number of benzene rings is 1. The molecule has 0 bridgehead atoms. The van der Waals surface area contributed by atoms with Crippen LogP contribution in [-0.4, -0.2) is 12.6 Å². The van der Waals surface area contributed by atoms with Gasteiger partial charge in [0.15, 0.2) is 0 Å². The largest absolute Gasteiger partial charge is 0.314 e. The molecule has 2 atom stereocenters. The van der Waals surface area contributed by atoms with Crippen molar-refractivity contribution in [2.24, 2.45) is 0 Å². The highest BCUT2D eigenvalue weighted by Crippen LogP contribution is 2.36.